The van der Waals surface area contributed by atoms with Crippen molar-refractivity contribution in [3.8, 4) is 11.4 Å². The molecule has 2 aliphatic rings. The molecule has 1 aliphatic carbocycles. The third kappa shape index (κ3) is 5.34. The maximum Gasteiger partial charge on any atom is 0.416 e. The highest BCUT2D eigenvalue weighted by Gasteiger charge is 2.35. The maximum atomic E-state index is 13.3. The van der Waals surface area contributed by atoms with Crippen LogP contribution in [0, 0.1) is 0 Å². The lowest BCUT2D eigenvalue weighted by atomic mass is 9.90. The number of benzene rings is 2. The first-order valence-corrected chi connectivity index (χ1v) is 12.4. The van der Waals surface area contributed by atoms with Crippen LogP contribution in [0.25, 0.3) is 11.4 Å². The summed E-state index contributed by atoms with van der Waals surface area (Å²) in [4.78, 5) is 40.9. The third-order valence-corrected chi connectivity index (χ3v) is 6.98. The van der Waals surface area contributed by atoms with Crippen molar-refractivity contribution in [2.24, 2.45) is 0 Å². The Morgan fingerprint density at radius 2 is 1.78 bits per heavy atom. The summed E-state index contributed by atoms with van der Waals surface area (Å²) in [7, 11) is 0. The van der Waals surface area contributed by atoms with Gasteiger partial charge in [0.2, 0.25) is 5.91 Å². The molecule has 3 aromatic rings. The molecule has 1 unspecified atom stereocenters. The molecular weight excluding hydrogens is 509 g/mol. The number of ketones is 1. The second-order valence-corrected chi connectivity index (χ2v) is 9.91. The SMILES string of the molecule is O=C(CC(C(=O)N1CCC1)c1cccc(C(F)(F)F)c1)Cn1nc(-c2ccc(Cl)cc2)n(C2CC2)c1=O. The lowest BCUT2D eigenvalue weighted by molar-refractivity contribution is -0.139. The molecule has 194 valence electrons. The number of amides is 1. The number of carbonyl (C=O) groups excluding carboxylic acids is 2. The van der Waals surface area contributed by atoms with Crippen molar-refractivity contribution in [2.75, 3.05) is 13.1 Å². The van der Waals surface area contributed by atoms with E-state index in [0.717, 1.165) is 36.1 Å². The quantitative estimate of drug-likeness (QED) is 0.421. The van der Waals surface area contributed by atoms with Gasteiger partial charge in [0.25, 0.3) is 0 Å². The van der Waals surface area contributed by atoms with Crippen molar-refractivity contribution in [3.05, 3.63) is 75.2 Å². The number of hydrogen-bond acceptors (Lipinski definition) is 4. The molecule has 2 heterocycles. The summed E-state index contributed by atoms with van der Waals surface area (Å²) in [6.45, 7) is 0.609. The molecule has 1 aromatic heterocycles. The second-order valence-electron chi connectivity index (χ2n) is 9.47. The van der Waals surface area contributed by atoms with Crippen molar-refractivity contribution in [1.82, 2.24) is 19.2 Å². The third-order valence-electron chi connectivity index (χ3n) is 6.73. The summed E-state index contributed by atoms with van der Waals surface area (Å²) in [6, 6.07) is 11.4. The fraction of sp³-hybridized carbons (Fsp3) is 0.385. The number of halogens is 4. The number of alkyl halides is 3. The zero-order valence-electron chi connectivity index (χ0n) is 19.7. The van der Waals surface area contributed by atoms with E-state index in [1.54, 1.807) is 28.8 Å². The van der Waals surface area contributed by atoms with E-state index in [-0.39, 0.29) is 24.6 Å². The fourth-order valence-corrected chi connectivity index (χ4v) is 4.60. The molecular formula is C26H24ClF3N4O3. The van der Waals surface area contributed by atoms with Crippen molar-refractivity contribution < 1.29 is 22.8 Å². The summed E-state index contributed by atoms with van der Waals surface area (Å²) in [5, 5.41) is 4.94. The second kappa shape index (κ2) is 9.81. The van der Waals surface area contributed by atoms with Gasteiger partial charge in [-0.1, -0.05) is 29.8 Å². The Balaban J connectivity index is 1.42. The molecule has 37 heavy (non-hydrogen) atoms. The van der Waals surface area contributed by atoms with E-state index in [2.05, 4.69) is 5.10 Å². The molecule has 2 aromatic carbocycles. The van der Waals surface area contributed by atoms with Crippen molar-refractivity contribution in [1.29, 1.82) is 0 Å². The molecule has 1 saturated carbocycles. The summed E-state index contributed by atoms with van der Waals surface area (Å²) in [6.07, 6.45) is -2.47. The van der Waals surface area contributed by atoms with Gasteiger partial charge in [-0.25, -0.2) is 9.48 Å². The zero-order chi connectivity index (χ0) is 26.3. The molecule has 0 spiro atoms. The number of Topliss-reactive ketones (excluding diaryl/α,β-unsaturated/α-hetero) is 1. The first kappa shape index (κ1) is 25.3. The van der Waals surface area contributed by atoms with Gasteiger partial charge in [0, 0.05) is 36.1 Å². The van der Waals surface area contributed by atoms with E-state index >= 15 is 0 Å². The lowest BCUT2D eigenvalue weighted by Crippen LogP contribution is -2.45. The molecule has 11 heteroatoms. The Hall–Kier alpha value is -3.40. The van der Waals surface area contributed by atoms with E-state index in [1.807, 2.05) is 0 Å². The maximum absolute atomic E-state index is 13.3. The molecule has 0 bridgehead atoms. The number of hydrogen-bond donors (Lipinski definition) is 0. The van der Waals surface area contributed by atoms with E-state index in [0.29, 0.717) is 29.5 Å². The number of nitrogens with zero attached hydrogens (tertiary/aromatic N) is 4. The number of aromatic nitrogens is 3. The van der Waals surface area contributed by atoms with Crippen LogP contribution in [0.3, 0.4) is 0 Å². The number of carbonyl (C=O) groups is 2. The number of rotatable bonds is 8. The smallest absolute Gasteiger partial charge is 0.342 e. The molecule has 1 saturated heterocycles. The van der Waals surface area contributed by atoms with Crippen LogP contribution in [0.1, 0.15) is 48.8 Å². The monoisotopic (exact) mass is 532 g/mol. The molecule has 2 fully saturated rings. The molecule has 1 atom stereocenters. The zero-order valence-corrected chi connectivity index (χ0v) is 20.5. The largest absolute Gasteiger partial charge is 0.416 e. The van der Waals surface area contributed by atoms with Crippen LogP contribution in [0.4, 0.5) is 13.2 Å². The standard InChI is InChI=1S/C26H24ClF3N4O3/c27-19-7-5-16(6-8-19)23-31-33(25(37)34(23)20-9-10-20)15-21(35)14-22(24(36)32-11-2-12-32)17-3-1-4-18(13-17)26(28,29)30/h1,3-8,13,20,22H,2,9-12,14-15H2. The Labute approximate surface area is 215 Å². The molecule has 7 nitrogen and oxygen atoms in total. The van der Waals surface area contributed by atoms with E-state index in [9.17, 15) is 27.6 Å². The molecule has 5 rings (SSSR count). The fourth-order valence-electron chi connectivity index (χ4n) is 4.48. The summed E-state index contributed by atoms with van der Waals surface area (Å²) >= 11 is 5.98. The molecule has 1 amide bonds. The molecule has 1 aliphatic heterocycles. The van der Waals surface area contributed by atoms with Gasteiger partial charge in [-0.2, -0.15) is 13.2 Å². The van der Waals surface area contributed by atoms with Crippen molar-refractivity contribution in [3.63, 3.8) is 0 Å². The van der Waals surface area contributed by atoms with Crippen molar-refractivity contribution >= 4 is 23.3 Å². The average molecular weight is 533 g/mol. The van der Waals surface area contributed by atoms with E-state index < -0.39 is 35.0 Å². The minimum atomic E-state index is -4.58. The van der Waals surface area contributed by atoms with Crippen molar-refractivity contribution in [2.45, 2.75) is 50.4 Å². The van der Waals surface area contributed by atoms with Gasteiger partial charge in [-0.3, -0.25) is 14.2 Å². The van der Waals surface area contributed by atoms with Crippen LogP contribution in [0.5, 0.6) is 0 Å². The minimum Gasteiger partial charge on any atom is -0.342 e. The van der Waals surface area contributed by atoms with Crippen LogP contribution >= 0.6 is 11.6 Å². The highest BCUT2D eigenvalue weighted by atomic mass is 35.5. The lowest BCUT2D eigenvalue weighted by Gasteiger charge is -2.34. The van der Waals surface area contributed by atoms with Crippen LogP contribution in [-0.2, 0) is 22.3 Å². The van der Waals surface area contributed by atoms with Gasteiger partial charge < -0.3 is 4.90 Å². The van der Waals surface area contributed by atoms with Crippen LogP contribution < -0.4 is 5.69 Å². The predicted molar refractivity (Wildman–Crippen MR) is 130 cm³/mol. The first-order valence-electron chi connectivity index (χ1n) is 12.0. The molecule has 0 N–H and O–H groups in total. The predicted octanol–water partition coefficient (Wildman–Crippen LogP) is 4.69. The minimum absolute atomic E-state index is 0.00659. The van der Waals surface area contributed by atoms with Gasteiger partial charge >= 0.3 is 11.9 Å². The van der Waals surface area contributed by atoms with Gasteiger partial charge in [-0.05, 0) is 55.2 Å². The topological polar surface area (TPSA) is 77.2 Å². The first-order chi connectivity index (χ1) is 17.6. The Bertz CT molecular complexity index is 1390. The van der Waals surface area contributed by atoms with E-state index in [1.165, 1.54) is 17.0 Å². The Kier molecular flexibility index (Phi) is 6.70. The number of likely N-dealkylation sites (tertiary alicyclic amines) is 1. The van der Waals surface area contributed by atoms with Crippen LogP contribution in [0.15, 0.2) is 53.3 Å². The van der Waals surface area contributed by atoms with E-state index in [4.69, 9.17) is 11.6 Å². The Morgan fingerprint density at radius 3 is 2.38 bits per heavy atom. The van der Waals surface area contributed by atoms with Gasteiger partial charge in [-0.15, -0.1) is 5.10 Å². The van der Waals surface area contributed by atoms with Gasteiger partial charge in [0.15, 0.2) is 11.6 Å². The summed E-state index contributed by atoms with van der Waals surface area (Å²) in [5.41, 5.74) is -0.525. The average Bonchev–Trinajstić information content (AvgIpc) is 3.60. The Morgan fingerprint density at radius 1 is 1.08 bits per heavy atom. The van der Waals surface area contributed by atoms with Gasteiger partial charge in [0.1, 0.15) is 6.54 Å². The van der Waals surface area contributed by atoms with Crippen LogP contribution in [0.2, 0.25) is 5.02 Å². The summed E-state index contributed by atoms with van der Waals surface area (Å²) in [5.74, 6) is -1.52. The van der Waals surface area contributed by atoms with Gasteiger partial charge in [0.05, 0.1) is 11.5 Å². The summed E-state index contributed by atoms with van der Waals surface area (Å²) < 4.78 is 42.6. The normalized spacial score (nSPS) is 16.4. The highest BCUT2D eigenvalue weighted by Crippen LogP contribution is 2.37. The van der Waals surface area contributed by atoms with Crippen LogP contribution in [-0.4, -0.2) is 44.0 Å². The molecule has 0 radical (unpaired) electrons. The highest BCUT2D eigenvalue weighted by molar-refractivity contribution is 6.30.